The van der Waals surface area contributed by atoms with Gasteiger partial charge in [-0.3, -0.25) is 4.79 Å². The predicted molar refractivity (Wildman–Crippen MR) is 113 cm³/mol. The minimum Gasteiger partial charge on any atom is -0.396 e. The van der Waals surface area contributed by atoms with E-state index in [1.807, 2.05) is 6.92 Å². The maximum absolute atomic E-state index is 11.4. The van der Waals surface area contributed by atoms with Gasteiger partial charge in [-0.2, -0.15) is 0 Å². The summed E-state index contributed by atoms with van der Waals surface area (Å²) in [5.74, 6) is -0.474. The third-order valence-corrected chi connectivity index (χ3v) is 5.37. The zero-order valence-electron chi connectivity index (χ0n) is 17.6. The number of carbonyl (C=O) groups is 1. The number of primary amides is 1. The summed E-state index contributed by atoms with van der Waals surface area (Å²) in [6.07, 6.45) is 23.6. The average molecular weight is 368 g/mol. The van der Waals surface area contributed by atoms with Crippen molar-refractivity contribution in [2.45, 2.75) is 110 Å². The Balaban J connectivity index is 3.39. The van der Waals surface area contributed by atoms with Crippen LogP contribution in [0.2, 0.25) is 0 Å². The van der Waals surface area contributed by atoms with Crippen LogP contribution in [0, 0.1) is 11.8 Å². The first kappa shape index (κ1) is 25.2. The first-order chi connectivity index (χ1) is 12.6. The number of carbonyl (C=O) groups excluding carboxylic acids is 1. The second kappa shape index (κ2) is 18.9. The Kier molecular flexibility index (Phi) is 18.3. The third-order valence-electron chi connectivity index (χ3n) is 5.37. The third kappa shape index (κ3) is 15.4. The van der Waals surface area contributed by atoms with Crippen LogP contribution in [0.5, 0.6) is 0 Å². The van der Waals surface area contributed by atoms with E-state index in [1.165, 1.54) is 70.6 Å². The zero-order chi connectivity index (χ0) is 19.5. The summed E-state index contributed by atoms with van der Waals surface area (Å²) >= 11 is 0. The Labute approximate surface area is 162 Å². The number of amides is 1. The van der Waals surface area contributed by atoms with E-state index in [2.05, 4.69) is 19.1 Å². The monoisotopic (exact) mass is 367 g/mol. The molecule has 0 aliphatic rings. The van der Waals surface area contributed by atoms with Crippen LogP contribution in [-0.4, -0.2) is 17.6 Å². The molecule has 0 aliphatic heterocycles. The number of nitrogens with two attached hydrogens (primary N) is 1. The van der Waals surface area contributed by atoms with Gasteiger partial charge in [0, 0.05) is 12.5 Å². The molecule has 26 heavy (non-hydrogen) atoms. The number of hydrogen-bond donors (Lipinski definition) is 2. The molecular weight excluding hydrogens is 322 g/mol. The SMILES string of the molecule is CCCCCCCCCCC/C=C\CCCCCC(C(N)=O)C(C)CO. The lowest BCUT2D eigenvalue weighted by molar-refractivity contribution is -0.124. The summed E-state index contributed by atoms with van der Waals surface area (Å²) < 4.78 is 0. The van der Waals surface area contributed by atoms with Crippen LogP contribution >= 0.6 is 0 Å². The van der Waals surface area contributed by atoms with Gasteiger partial charge in [0.05, 0.1) is 0 Å². The molecule has 0 bridgehead atoms. The van der Waals surface area contributed by atoms with Crippen molar-refractivity contribution in [3.05, 3.63) is 12.2 Å². The second-order valence-corrected chi connectivity index (χ2v) is 7.90. The summed E-state index contributed by atoms with van der Waals surface area (Å²) in [5.41, 5.74) is 5.42. The first-order valence-electron chi connectivity index (χ1n) is 11.2. The van der Waals surface area contributed by atoms with Gasteiger partial charge in [-0.25, -0.2) is 0 Å². The fourth-order valence-electron chi connectivity index (χ4n) is 3.45. The van der Waals surface area contributed by atoms with Gasteiger partial charge in [-0.05, 0) is 38.0 Å². The van der Waals surface area contributed by atoms with Gasteiger partial charge in [0.1, 0.15) is 0 Å². The molecule has 0 saturated carbocycles. The highest BCUT2D eigenvalue weighted by molar-refractivity contribution is 5.76. The number of aliphatic hydroxyl groups excluding tert-OH is 1. The molecule has 154 valence electrons. The zero-order valence-corrected chi connectivity index (χ0v) is 17.6. The van der Waals surface area contributed by atoms with Gasteiger partial charge in [-0.1, -0.05) is 90.2 Å². The molecule has 0 fully saturated rings. The van der Waals surface area contributed by atoms with E-state index >= 15 is 0 Å². The van der Waals surface area contributed by atoms with E-state index in [0.717, 1.165) is 25.7 Å². The van der Waals surface area contributed by atoms with Gasteiger partial charge in [0.15, 0.2) is 0 Å². The topological polar surface area (TPSA) is 63.3 Å². The minimum atomic E-state index is -0.271. The maximum Gasteiger partial charge on any atom is 0.220 e. The van der Waals surface area contributed by atoms with Crippen molar-refractivity contribution in [3.8, 4) is 0 Å². The number of aliphatic hydroxyl groups is 1. The largest absolute Gasteiger partial charge is 0.396 e. The Morgan fingerprint density at radius 2 is 1.31 bits per heavy atom. The Morgan fingerprint density at radius 3 is 1.77 bits per heavy atom. The summed E-state index contributed by atoms with van der Waals surface area (Å²) in [6, 6.07) is 0. The molecular formula is C23H45NO2. The fraction of sp³-hybridized carbons (Fsp3) is 0.870. The number of rotatable bonds is 19. The molecule has 3 nitrogen and oxygen atoms in total. The molecule has 0 saturated heterocycles. The Bertz CT molecular complexity index is 341. The number of unbranched alkanes of at least 4 members (excludes halogenated alkanes) is 12. The number of hydrogen-bond acceptors (Lipinski definition) is 2. The molecule has 0 radical (unpaired) electrons. The molecule has 0 rings (SSSR count). The van der Waals surface area contributed by atoms with Crippen LogP contribution in [0.25, 0.3) is 0 Å². The summed E-state index contributed by atoms with van der Waals surface area (Å²) in [7, 11) is 0. The van der Waals surface area contributed by atoms with Crippen LogP contribution in [0.4, 0.5) is 0 Å². The lowest BCUT2D eigenvalue weighted by Crippen LogP contribution is -2.30. The molecule has 0 aromatic rings. The molecule has 1 amide bonds. The molecule has 0 aliphatic carbocycles. The lowest BCUT2D eigenvalue weighted by atomic mass is 9.89. The fourth-order valence-corrected chi connectivity index (χ4v) is 3.45. The van der Waals surface area contributed by atoms with Crippen molar-refractivity contribution < 1.29 is 9.90 Å². The summed E-state index contributed by atoms with van der Waals surface area (Å²) in [4.78, 5) is 11.4. The number of allylic oxidation sites excluding steroid dienone is 2. The van der Waals surface area contributed by atoms with E-state index < -0.39 is 0 Å². The highest BCUT2D eigenvalue weighted by Gasteiger charge is 2.21. The highest BCUT2D eigenvalue weighted by atomic mass is 16.3. The van der Waals surface area contributed by atoms with E-state index in [0.29, 0.717) is 0 Å². The summed E-state index contributed by atoms with van der Waals surface area (Å²) in [5, 5.41) is 9.17. The van der Waals surface area contributed by atoms with Crippen molar-refractivity contribution in [1.82, 2.24) is 0 Å². The second-order valence-electron chi connectivity index (χ2n) is 7.90. The van der Waals surface area contributed by atoms with E-state index in [-0.39, 0.29) is 24.3 Å². The average Bonchev–Trinajstić information content (AvgIpc) is 2.63. The molecule has 3 heteroatoms. The van der Waals surface area contributed by atoms with Gasteiger partial charge in [0.2, 0.25) is 5.91 Å². The van der Waals surface area contributed by atoms with Crippen LogP contribution in [0.15, 0.2) is 12.2 Å². The molecule has 3 N–H and O–H groups in total. The van der Waals surface area contributed by atoms with Crippen LogP contribution in [0.1, 0.15) is 110 Å². The molecule has 2 unspecified atom stereocenters. The van der Waals surface area contributed by atoms with E-state index in [4.69, 9.17) is 5.73 Å². The molecule has 0 aromatic heterocycles. The Hall–Kier alpha value is -0.830. The minimum absolute atomic E-state index is 0.0243. The molecule has 2 atom stereocenters. The summed E-state index contributed by atoms with van der Waals surface area (Å²) in [6.45, 7) is 4.20. The van der Waals surface area contributed by atoms with E-state index in [1.54, 1.807) is 0 Å². The van der Waals surface area contributed by atoms with Crippen molar-refractivity contribution in [2.75, 3.05) is 6.61 Å². The highest BCUT2D eigenvalue weighted by Crippen LogP contribution is 2.19. The first-order valence-corrected chi connectivity index (χ1v) is 11.2. The van der Waals surface area contributed by atoms with Gasteiger partial charge in [0.25, 0.3) is 0 Å². The lowest BCUT2D eigenvalue weighted by Gasteiger charge is -2.18. The van der Waals surface area contributed by atoms with Crippen molar-refractivity contribution in [3.63, 3.8) is 0 Å². The maximum atomic E-state index is 11.4. The van der Waals surface area contributed by atoms with Crippen LogP contribution < -0.4 is 5.73 Å². The molecule has 0 aromatic carbocycles. The van der Waals surface area contributed by atoms with Crippen molar-refractivity contribution >= 4 is 5.91 Å². The van der Waals surface area contributed by atoms with Crippen molar-refractivity contribution in [2.24, 2.45) is 17.6 Å². The quantitative estimate of drug-likeness (QED) is 0.213. The predicted octanol–water partition coefficient (Wildman–Crippen LogP) is 6.14. The normalized spacial score (nSPS) is 14.0. The van der Waals surface area contributed by atoms with Gasteiger partial charge < -0.3 is 10.8 Å². The molecule has 0 heterocycles. The van der Waals surface area contributed by atoms with Crippen LogP contribution in [-0.2, 0) is 4.79 Å². The van der Waals surface area contributed by atoms with E-state index in [9.17, 15) is 9.90 Å². The van der Waals surface area contributed by atoms with Crippen LogP contribution in [0.3, 0.4) is 0 Å². The Morgan fingerprint density at radius 1 is 0.846 bits per heavy atom. The molecule has 0 spiro atoms. The van der Waals surface area contributed by atoms with Gasteiger partial charge >= 0.3 is 0 Å². The van der Waals surface area contributed by atoms with Gasteiger partial charge in [-0.15, -0.1) is 0 Å². The smallest absolute Gasteiger partial charge is 0.220 e. The standard InChI is InChI=1S/C23H45NO2/c1-3-4-5-6-7-8-9-10-11-12-13-14-15-16-17-18-19-22(23(24)26)21(2)20-25/h13-14,21-22,25H,3-12,15-20H2,1-2H3,(H2,24,26)/b14-13-. The van der Waals surface area contributed by atoms with Crippen molar-refractivity contribution in [1.29, 1.82) is 0 Å².